The number of imide groups is 1. The number of carbonyl (C=O) groups is 3. The van der Waals surface area contributed by atoms with E-state index in [9.17, 15) is 28.9 Å². The molecule has 3 aromatic rings. The predicted octanol–water partition coefficient (Wildman–Crippen LogP) is 3.76. The Kier molecular flexibility index (Phi) is 5.11. The van der Waals surface area contributed by atoms with E-state index in [1.165, 1.54) is 42.5 Å². The van der Waals surface area contributed by atoms with Crippen molar-refractivity contribution < 1.29 is 23.7 Å². The molecule has 9 nitrogen and oxygen atoms in total. The molecule has 0 saturated carbocycles. The molecule has 3 aliphatic heterocycles. The number of carbonyl (C=O) groups excluding carboxylic acids is 3. The van der Waals surface area contributed by atoms with Crippen molar-refractivity contribution in [1.82, 2.24) is 0 Å². The van der Waals surface area contributed by atoms with Gasteiger partial charge in [0.05, 0.1) is 28.5 Å². The average molecular weight is 498 g/mol. The molecule has 37 heavy (non-hydrogen) atoms. The zero-order valence-electron chi connectivity index (χ0n) is 19.2. The number of para-hydroxylation sites is 1. The highest BCUT2D eigenvalue weighted by atomic mass is 19.1. The number of fused-ring (bicyclic) bond motifs is 5. The lowest BCUT2D eigenvalue weighted by atomic mass is 9.88. The molecule has 3 aromatic carbocycles. The Morgan fingerprint density at radius 2 is 1.68 bits per heavy atom. The number of rotatable bonds is 4. The van der Waals surface area contributed by atoms with Crippen LogP contribution in [0.3, 0.4) is 0 Å². The third-order valence-electron chi connectivity index (χ3n) is 7.10. The Labute approximate surface area is 209 Å². The quantitative estimate of drug-likeness (QED) is 0.333. The number of amides is 3. The summed E-state index contributed by atoms with van der Waals surface area (Å²) >= 11 is 0. The number of hydrogen-bond acceptors (Lipinski definition) is 6. The molecule has 4 atom stereocenters. The fraction of sp³-hybridized carbons (Fsp3) is 0.148. The topological polar surface area (TPSA) is 113 Å². The zero-order chi connectivity index (χ0) is 25.8. The summed E-state index contributed by atoms with van der Waals surface area (Å²) in [7, 11) is 0. The van der Waals surface area contributed by atoms with Crippen LogP contribution >= 0.6 is 0 Å². The summed E-state index contributed by atoms with van der Waals surface area (Å²) in [5, 5.41) is 13.7. The largest absolute Gasteiger partial charge is 0.351 e. The van der Waals surface area contributed by atoms with Gasteiger partial charge in [0.15, 0.2) is 0 Å². The van der Waals surface area contributed by atoms with Gasteiger partial charge >= 0.3 is 0 Å². The molecule has 0 bridgehead atoms. The summed E-state index contributed by atoms with van der Waals surface area (Å²) in [4.78, 5) is 54.3. The van der Waals surface area contributed by atoms with Gasteiger partial charge in [-0.25, -0.2) is 9.29 Å². The average Bonchev–Trinajstić information content (AvgIpc) is 3.37. The minimum Gasteiger partial charge on any atom is -0.351 e. The summed E-state index contributed by atoms with van der Waals surface area (Å²) in [5.74, 6) is -4.06. The molecule has 0 spiro atoms. The number of nitro benzene ring substituents is 1. The van der Waals surface area contributed by atoms with Crippen LogP contribution in [0, 0.1) is 27.8 Å². The number of nitro groups is 1. The van der Waals surface area contributed by atoms with Gasteiger partial charge in [0.25, 0.3) is 5.69 Å². The smallest absolute Gasteiger partial charge is 0.269 e. The van der Waals surface area contributed by atoms with Crippen molar-refractivity contribution in [2.45, 2.75) is 12.1 Å². The standard InChI is InChI=1S/C27H19FN4O5/c28-16-5-3-6-19(14-16)30-26(34)22-21-13-8-15-4-1-2-7-20(15)31(21)24(23(22)27(30)35)25(33)29-17-9-11-18(12-10-17)32(36)37/h1-14,21-24H,(H,29,33)/t21-,22+,23-,24+/m1/s1. The lowest BCUT2D eigenvalue weighted by Crippen LogP contribution is -2.50. The maximum absolute atomic E-state index is 13.9. The molecule has 0 radical (unpaired) electrons. The van der Waals surface area contributed by atoms with Gasteiger partial charge in [-0.3, -0.25) is 24.5 Å². The van der Waals surface area contributed by atoms with Gasteiger partial charge in [0, 0.05) is 23.5 Å². The Balaban J connectivity index is 1.41. The van der Waals surface area contributed by atoms with Crippen LogP contribution in [-0.2, 0) is 14.4 Å². The van der Waals surface area contributed by atoms with Crippen LogP contribution in [0.4, 0.5) is 27.1 Å². The molecule has 2 saturated heterocycles. The number of halogens is 1. The third-order valence-corrected chi connectivity index (χ3v) is 7.10. The van der Waals surface area contributed by atoms with E-state index in [2.05, 4.69) is 5.32 Å². The molecule has 3 amide bonds. The van der Waals surface area contributed by atoms with Crippen LogP contribution in [0.15, 0.2) is 78.9 Å². The van der Waals surface area contributed by atoms with Gasteiger partial charge < -0.3 is 10.2 Å². The van der Waals surface area contributed by atoms with Crippen LogP contribution in [0.2, 0.25) is 0 Å². The van der Waals surface area contributed by atoms with Crippen molar-refractivity contribution >= 4 is 46.5 Å². The summed E-state index contributed by atoms with van der Waals surface area (Å²) in [6, 6.07) is 16.4. The van der Waals surface area contributed by atoms with Gasteiger partial charge in [-0.05, 0) is 42.0 Å². The monoisotopic (exact) mass is 498 g/mol. The van der Waals surface area contributed by atoms with E-state index in [0.717, 1.165) is 16.5 Å². The molecule has 2 fully saturated rings. The second-order valence-electron chi connectivity index (χ2n) is 9.10. The zero-order valence-corrected chi connectivity index (χ0v) is 19.2. The summed E-state index contributed by atoms with van der Waals surface area (Å²) in [6.07, 6.45) is 3.69. The molecule has 0 aromatic heterocycles. The number of nitrogens with zero attached hydrogens (tertiary/aromatic N) is 3. The SMILES string of the molecule is O=C(Nc1ccc([N+](=O)[O-])cc1)[C@@H]1[C@@H]2C(=O)N(c3cccc(F)c3)C(=O)[C@H]2[C@H]2C=Cc3ccccc3N21. The van der Waals surface area contributed by atoms with E-state index < -0.39 is 52.4 Å². The first-order chi connectivity index (χ1) is 17.8. The highest BCUT2D eigenvalue weighted by molar-refractivity contribution is 6.25. The van der Waals surface area contributed by atoms with Crippen LogP contribution in [0.25, 0.3) is 6.08 Å². The lowest BCUT2D eigenvalue weighted by Gasteiger charge is -2.36. The van der Waals surface area contributed by atoms with Gasteiger partial charge in [0.1, 0.15) is 11.9 Å². The third kappa shape index (κ3) is 3.48. The first kappa shape index (κ1) is 22.6. The van der Waals surface area contributed by atoms with E-state index in [4.69, 9.17) is 0 Å². The molecule has 6 rings (SSSR count). The van der Waals surface area contributed by atoms with E-state index in [0.29, 0.717) is 11.4 Å². The van der Waals surface area contributed by atoms with Crippen molar-refractivity contribution in [2.24, 2.45) is 11.8 Å². The molecule has 3 heterocycles. The van der Waals surface area contributed by atoms with E-state index in [1.54, 1.807) is 4.90 Å². The fourth-order valence-corrected chi connectivity index (χ4v) is 5.57. The maximum atomic E-state index is 13.9. The molecular weight excluding hydrogens is 479 g/mol. The molecular formula is C27H19FN4O5. The summed E-state index contributed by atoms with van der Waals surface area (Å²) in [6.45, 7) is 0. The van der Waals surface area contributed by atoms with Gasteiger partial charge in [-0.15, -0.1) is 0 Å². The number of nitrogens with one attached hydrogen (secondary N) is 1. The second kappa shape index (κ2) is 8.37. The molecule has 10 heteroatoms. The Hall–Kier alpha value is -4.86. The Bertz CT molecular complexity index is 1500. The van der Waals surface area contributed by atoms with Crippen molar-refractivity contribution in [1.29, 1.82) is 0 Å². The van der Waals surface area contributed by atoms with Crippen molar-refractivity contribution in [3.8, 4) is 0 Å². The van der Waals surface area contributed by atoms with Gasteiger partial charge in [0.2, 0.25) is 17.7 Å². The van der Waals surface area contributed by atoms with E-state index in [-0.39, 0.29) is 11.4 Å². The molecule has 1 N–H and O–H groups in total. The van der Waals surface area contributed by atoms with Gasteiger partial charge in [-0.2, -0.15) is 0 Å². The second-order valence-corrected chi connectivity index (χ2v) is 9.10. The molecule has 0 aliphatic carbocycles. The minimum absolute atomic E-state index is 0.116. The minimum atomic E-state index is -1.05. The molecule has 0 unspecified atom stereocenters. The molecule has 3 aliphatic rings. The fourth-order valence-electron chi connectivity index (χ4n) is 5.57. The summed E-state index contributed by atoms with van der Waals surface area (Å²) < 4.78 is 13.9. The first-order valence-corrected chi connectivity index (χ1v) is 11.6. The van der Waals surface area contributed by atoms with Crippen molar-refractivity contribution in [3.05, 3.63) is 100 Å². The maximum Gasteiger partial charge on any atom is 0.269 e. The van der Waals surface area contributed by atoms with E-state index in [1.807, 2.05) is 36.4 Å². The Morgan fingerprint density at radius 3 is 2.41 bits per heavy atom. The number of benzene rings is 3. The normalized spacial score (nSPS) is 23.5. The number of hydrogen-bond donors (Lipinski definition) is 1. The molecule has 184 valence electrons. The summed E-state index contributed by atoms with van der Waals surface area (Å²) in [5.41, 5.74) is 1.86. The van der Waals surface area contributed by atoms with Crippen LogP contribution < -0.4 is 15.1 Å². The van der Waals surface area contributed by atoms with Crippen LogP contribution in [-0.4, -0.2) is 34.7 Å². The van der Waals surface area contributed by atoms with Crippen molar-refractivity contribution in [2.75, 3.05) is 15.1 Å². The predicted molar refractivity (Wildman–Crippen MR) is 133 cm³/mol. The highest BCUT2D eigenvalue weighted by Gasteiger charge is 2.64. The number of non-ortho nitro benzene ring substituents is 1. The van der Waals surface area contributed by atoms with Crippen molar-refractivity contribution in [3.63, 3.8) is 0 Å². The Morgan fingerprint density at radius 1 is 0.946 bits per heavy atom. The van der Waals surface area contributed by atoms with Crippen LogP contribution in [0.5, 0.6) is 0 Å². The first-order valence-electron chi connectivity index (χ1n) is 11.6. The number of anilines is 3. The van der Waals surface area contributed by atoms with Gasteiger partial charge in [-0.1, -0.05) is 36.4 Å². The van der Waals surface area contributed by atoms with E-state index >= 15 is 0 Å². The lowest BCUT2D eigenvalue weighted by molar-refractivity contribution is -0.384. The van der Waals surface area contributed by atoms with Crippen LogP contribution in [0.1, 0.15) is 5.56 Å². The highest BCUT2D eigenvalue weighted by Crippen LogP contribution is 2.49.